The molecule has 0 N–H and O–H groups in total. The Hall–Kier alpha value is -3.71. The van der Waals surface area contributed by atoms with E-state index in [0.717, 1.165) is 16.2 Å². The molecule has 0 atom stereocenters. The lowest BCUT2D eigenvalue weighted by atomic mass is 10.1. The highest BCUT2D eigenvalue weighted by Gasteiger charge is 2.13. The van der Waals surface area contributed by atoms with Crippen molar-refractivity contribution in [1.29, 1.82) is 0 Å². The first-order chi connectivity index (χ1) is 14.3. The van der Waals surface area contributed by atoms with Gasteiger partial charge in [-0.05, 0) is 40.8 Å². The van der Waals surface area contributed by atoms with Crippen LogP contribution in [0.15, 0.2) is 88.9 Å². The standard InChI is InChI=1S/C22H16N4O2S/c1-2-5-16(6-3-1)17-8-10-18(11-9-17)27-15-26-13-12-19(24-26)22-23-21(25-28-22)20-7-4-14-29-20/h1-14H,15H2. The monoisotopic (exact) mass is 400 g/mol. The maximum Gasteiger partial charge on any atom is 0.278 e. The van der Waals surface area contributed by atoms with Gasteiger partial charge in [-0.2, -0.15) is 10.1 Å². The van der Waals surface area contributed by atoms with Crippen molar-refractivity contribution in [2.24, 2.45) is 0 Å². The first kappa shape index (κ1) is 17.4. The minimum absolute atomic E-state index is 0.288. The summed E-state index contributed by atoms with van der Waals surface area (Å²) in [5.41, 5.74) is 2.94. The van der Waals surface area contributed by atoms with Crippen molar-refractivity contribution in [3.63, 3.8) is 0 Å². The maximum atomic E-state index is 5.83. The Morgan fingerprint density at radius 1 is 0.897 bits per heavy atom. The Labute approximate surface area is 171 Å². The molecule has 0 saturated heterocycles. The van der Waals surface area contributed by atoms with Gasteiger partial charge in [-0.15, -0.1) is 11.3 Å². The van der Waals surface area contributed by atoms with Crippen molar-refractivity contribution in [2.45, 2.75) is 6.73 Å². The van der Waals surface area contributed by atoms with Crippen molar-refractivity contribution < 1.29 is 9.26 Å². The van der Waals surface area contributed by atoms with Crippen LogP contribution in [0.4, 0.5) is 0 Å². The molecule has 6 nitrogen and oxygen atoms in total. The Bertz CT molecular complexity index is 1200. The summed E-state index contributed by atoms with van der Waals surface area (Å²) in [4.78, 5) is 5.37. The van der Waals surface area contributed by atoms with E-state index in [0.29, 0.717) is 17.4 Å². The SMILES string of the molecule is c1ccc(-c2ccc(OCn3ccc(-c4nc(-c5cccs5)no4)n3)cc2)cc1. The largest absolute Gasteiger partial charge is 0.471 e. The third-order valence-electron chi connectivity index (χ3n) is 4.35. The van der Waals surface area contributed by atoms with E-state index in [9.17, 15) is 0 Å². The molecule has 0 spiro atoms. The zero-order chi connectivity index (χ0) is 19.5. The molecule has 3 heterocycles. The number of benzene rings is 2. The van der Waals surface area contributed by atoms with E-state index in [1.54, 1.807) is 16.0 Å². The normalized spacial score (nSPS) is 10.9. The van der Waals surface area contributed by atoms with Gasteiger partial charge in [0.25, 0.3) is 5.89 Å². The van der Waals surface area contributed by atoms with Gasteiger partial charge in [0.05, 0.1) is 4.88 Å². The van der Waals surface area contributed by atoms with Crippen molar-refractivity contribution in [2.75, 3.05) is 0 Å². The number of hydrogen-bond donors (Lipinski definition) is 0. The fraction of sp³-hybridized carbons (Fsp3) is 0.0455. The van der Waals surface area contributed by atoms with Gasteiger partial charge in [-0.3, -0.25) is 0 Å². The van der Waals surface area contributed by atoms with Crippen LogP contribution in [0.2, 0.25) is 0 Å². The lowest BCUT2D eigenvalue weighted by molar-refractivity contribution is 0.221. The van der Waals surface area contributed by atoms with Crippen LogP contribution in [0.5, 0.6) is 5.75 Å². The molecule has 0 radical (unpaired) electrons. The zero-order valence-electron chi connectivity index (χ0n) is 15.3. The molecule has 5 aromatic rings. The van der Waals surface area contributed by atoms with E-state index in [4.69, 9.17) is 9.26 Å². The summed E-state index contributed by atoms with van der Waals surface area (Å²) in [5.74, 6) is 1.73. The second-order valence-corrected chi connectivity index (χ2v) is 7.25. The number of thiophene rings is 1. The molecule has 29 heavy (non-hydrogen) atoms. The molecule has 0 aliphatic carbocycles. The highest BCUT2D eigenvalue weighted by Crippen LogP contribution is 2.25. The number of nitrogens with zero attached hydrogens (tertiary/aromatic N) is 4. The van der Waals surface area contributed by atoms with Crippen LogP contribution < -0.4 is 4.74 Å². The number of rotatable bonds is 6. The molecule has 0 fully saturated rings. The van der Waals surface area contributed by atoms with E-state index < -0.39 is 0 Å². The lowest BCUT2D eigenvalue weighted by Gasteiger charge is -2.07. The van der Waals surface area contributed by atoms with Gasteiger partial charge in [0.1, 0.15) is 5.75 Å². The predicted octanol–water partition coefficient (Wildman–Crippen LogP) is 5.37. The van der Waals surface area contributed by atoms with Gasteiger partial charge < -0.3 is 9.26 Å². The number of aromatic nitrogens is 4. The summed E-state index contributed by atoms with van der Waals surface area (Å²) in [7, 11) is 0. The maximum absolute atomic E-state index is 5.83. The molecule has 0 saturated carbocycles. The Balaban J connectivity index is 1.24. The molecule has 142 valence electrons. The summed E-state index contributed by atoms with van der Waals surface area (Å²) in [5, 5.41) is 10.4. The molecule has 3 aromatic heterocycles. The Morgan fingerprint density at radius 2 is 1.72 bits per heavy atom. The molecule has 0 unspecified atom stereocenters. The van der Waals surface area contributed by atoms with Crippen LogP contribution in [0, 0.1) is 0 Å². The molecule has 0 bridgehead atoms. The van der Waals surface area contributed by atoms with Crippen molar-refractivity contribution >= 4 is 11.3 Å². The molecular formula is C22H16N4O2S. The summed E-state index contributed by atoms with van der Waals surface area (Å²) in [6.07, 6.45) is 1.82. The topological polar surface area (TPSA) is 66.0 Å². The first-order valence-electron chi connectivity index (χ1n) is 9.05. The fourth-order valence-corrected chi connectivity index (χ4v) is 3.55. The number of ether oxygens (including phenoxy) is 1. The van der Waals surface area contributed by atoms with Gasteiger partial charge in [0, 0.05) is 6.20 Å². The highest BCUT2D eigenvalue weighted by molar-refractivity contribution is 7.13. The van der Waals surface area contributed by atoms with Crippen LogP contribution in [0.25, 0.3) is 33.4 Å². The first-order valence-corrected chi connectivity index (χ1v) is 9.93. The van der Waals surface area contributed by atoms with Crippen molar-refractivity contribution in [3.05, 3.63) is 84.4 Å². The van der Waals surface area contributed by atoms with Crippen LogP contribution >= 0.6 is 11.3 Å². The highest BCUT2D eigenvalue weighted by atomic mass is 32.1. The average Bonchev–Trinajstić information content (AvgIpc) is 3.54. The molecule has 0 aliphatic rings. The van der Waals surface area contributed by atoms with Crippen LogP contribution in [-0.4, -0.2) is 19.9 Å². The average molecular weight is 400 g/mol. The third kappa shape index (κ3) is 3.81. The second kappa shape index (κ2) is 7.73. The van der Waals surface area contributed by atoms with Crippen LogP contribution in [0.1, 0.15) is 0 Å². The van der Waals surface area contributed by atoms with Crippen molar-refractivity contribution in [1.82, 2.24) is 19.9 Å². The summed E-state index contributed by atoms with van der Waals surface area (Å²) >= 11 is 1.56. The molecule has 7 heteroatoms. The van der Waals surface area contributed by atoms with Gasteiger partial charge in [-0.25, -0.2) is 4.68 Å². The van der Waals surface area contributed by atoms with E-state index in [-0.39, 0.29) is 6.73 Å². The quantitative estimate of drug-likeness (QED) is 0.384. The Morgan fingerprint density at radius 3 is 2.52 bits per heavy atom. The summed E-state index contributed by atoms with van der Waals surface area (Å²) < 4.78 is 12.9. The molecular weight excluding hydrogens is 384 g/mol. The minimum Gasteiger partial charge on any atom is -0.471 e. The van der Waals surface area contributed by atoms with E-state index in [1.807, 2.05) is 72.2 Å². The van der Waals surface area contributed by atoms with Gasteiger partial charge >= 0.3 is 0 Å². The van der Waals surface area contributed by atoms with Gasteiger partial charge in [0.15, 0.2) is 12.4 Å². The molecule has 2 aromatic carbocycles. The second-order valence-electron chi connectivity index (χ2n) is 6.30. The molecule has 0 aliphatic heterocycles. The van der Waals surface area contributed by atoms with E-state index in [1.165, 1.54) is 5.56 Å². The lowest BCUT2D eigenvalue weighted by Crippen LogP contribution is -2.05. The van der Waals surface area contributed by atoms with Crippen LogP contribution in [-0.2, 0) is 6.73 Å². The van der Waals surface area contributed by atoms with Gasteiger partial charge in [-0.1, -0.05) is 53.7 Å². The predicted molar refractivity (Wildman–Crippen MR) is 111 cm³/mol. The van der Waals surface area contributed by atoms with Crippen molar-refractivity contribution in [3.8, 4) is 39.2 Å². The Kier molecular flexibility index (Phi) is 4.63. The number of hydrogen-bond acceptors (Lipinski definition) is 6. The van der Waals surface area contributed by atoms with E-state index >= 15 is 0 Å². The summed E-state index contributed by atoms with van der Waals surface area (Å²) in [6, 6.07) is 24.0. The zero-order valence-corrected chi connectivity index (χ0v) is 16.1. The fourth-order valence-electron chi connectivity index (χ4n) is 2.90. The van der Waals surface area contributed by atoms with E-state index in [2.05, 4.69) is 27.4 Å². The summed E-state index contributed by atoms with van der Waals surface area (Å²) in [6.45, 7) is 0.288. The minimum atomic E-state index is 0.288. The smallest absolute Gasteiger partial charge is 0.278 e. The van der Waals surface area contributed by atoms with Crippen LogP contribution in [0.3, 0.4) is 0 Å². The van der Waals surface area contributed by atoms with Gasteiger partial charge in [0.2, 0.25) is 5.82 Å². The molecule has 0 amide bonds. The molecule has 5 rings (SSSR count). The third-order valence-corrected chi connectivity index (χ3v) is 5.22.